The zero-order chi connectivity index (χ0) is 10.1. The van der Waals surface area contributed by atoms with Gasteiger partial charge in [0.25, 0.3) is 0 Å². The summed E-state index contributed by atoms with van der Waals surface area (Å²) in [5.41, 5.74) is 8.39. The van der Waals surface area contributed by atoms with E-state index in [0.717, 1.165) is 12.8 Å². The third-order valence-corrected chi connectivity index (χ3v) is 3.06. The highest BCUT2D eigenvalue weighted by molar-refractivity contribution is 5.78. The smallest absolute Gasteiger partial charge is 0.246 e. The number of nitrogens with zero attached hydrogens (tertiary/aromatic N) is 4. The number of fused-ring (bicyclic) bond motifs is 1. The van der Waals surface area contributed by atoms with E-state index in [9.17, 15) is 4.79 Å². The van der Waals surface area contributed by atoms with E-state index in [4.69, 9.17) is 10.4 Å². The Bertz CT molecular complexity index is 298. The summed E-state index contributed by atoms with van der Waals surface area (Å²) in [4.78, 5) is 19.3. The molecule has 1 aliphatic heterocycles. The first-order valence-electron chi connectivity index (χ1n) is 4.68. The highest BCUT2D eigenvalue weighted by atomic mass is 16.7. The number of rotatable bonds is 2. The van der Waals surface area contributed by atoms with Gasteiger partial charge in [-0.25, -0.2) is 5.06 Å². The summed E-state index contributed by atoms with van der Waals surface area (Å²) in [5.74, 6) is 0.304. The zero-order valence-corrected chi connectivity index (χ0v) is 7.96. The molecule has 14 heavy (non-hydrogen) atoms. The monoisotopic (exact) mass is 196 g/mol. The molecule has 1 saturated carbocycles. The molecule has 0 radical (unpaired) electrons. The van der Waals surface area contributed by atoms with Crippen LogP contribution in [0.15, 0.2) is 5.11 Å². The van der Waals surface area contributed by atoms with Gasteiger partial charge in [0.1, 0.15) is 0 Å². The number of amides is 1. The van der Waals surface area contributed by atoms with Gasteiger partial charge >= 0.3 is 0 Å². The Morgan fingerprint density at radius 3 is 3.07 bits per heavy atom. The van der Waals surface area contributed by atoms with E-state index < -0.39 is 0 Å². The van der Waals surface area contributed by atoms with E-state index >= 15 is 0 Å². The van der Waals surface area contributed by atoms with E-state index in [2.05, 4.69) is 10.0 Å². The first kappa shape index (κ1) is 9.30. The van der Waals surface area contributed by atoms with Crippen molar-refractivity contribution in [1.29, 1.82) is 0 Å². The van der Waals surface area contributed by atoms with Gasteiger partial charge < -0.3 is 0 Å². The highest BCUT2D eigenvalue weighted by Gasteiger charge is 2.48. The van der Waals surface area contributed by atoms with Crippen LogP contribution in [0.4, 0.5) is 0 Å². The standard InChI is InChI=1S/C8H12N4O2/c1-14-12-7(13)4-5-2-3-6(8(5)12)10-11-9/h5-6,8H,2-4H2,1H3/t5-,6+,8+/m0/s1. The van der Waals surface area contributed by atoms with Crippen LogP contribution in [-0.2, 0) is 9.63 Å². The van der Waals surface area contributed by atoms with Crippen molar-refractivity contribution in [3.8, 4) is 0 Å². The van der Waals surface area contributed by atoms with Crippen molar-refractivity contribution >= 4 is 5.91 Å². The summed E-state index contributed by atoms with van der Waals surface area (Å²) >= 11 is 0. The minimum atomic E-state index is -0.114. The summed E-state index contributed by atoms with van der Waals surface area (Å²) in [6.45, 7) is 0. The molecule has 0 aromatic rings. The number of hydrogen-bond donors (Lipinski definition) is 0. The Kier molecular flexibility index (Phi) is 2.31. The molecule has 0 bridgehead atoms. The average molecular weight is 196 g/mol. The predicted molar refractivity (Wildman–Crippen MR) is 47.9 cm³/mol. The van der Waals surface area contributed by atoms with Crippen molar-refractivity contribution in [1.82, 2.24) is 5.06 Å². The Hall–Kier alpha value is -1.26. The predicted octanol–water partition coefficient (Wildman–Crippen LogP) is 1.24. The van der Waals surface area contributed by atoms with E-state index in [1.54, 1.807) is 0 Å². The summed E-state index contributed by atoms with van der Waals surface area (Å²) in [7, 11) is 1.48. The molecule has 0 aromatic carbocycles. The normalized spacial score (nSPS) is 35.6. The molecule has 6 nitrogen and oxygen atoms in total. The Balaban J connectivity index is 2.21. The van der Waals surface area contributed by atoms with Crippen LogP contribution in [0.5, 0.6) is 0 Å². The Morgan fingerprint density at radius 1 is 1.64 bits per heavy atom. The summed E-state index contributed by atoms with van der Waals surface area (Å²) in [5, 5.41) is 5.08. The lowest BCUT2D eigenvalue weighted by atomic mass is 10.0. The van der Waals surface area contributed by atoms with Crippen LogP contribution in [0.3, 0.4) is 0 Å². The molecule has 2 rings (SSSR count). The van der Waals surface area contributed by atoms with Gasteiger partial charge in [-0.05, 0) is 24.3 Å². The second-order valence-electron chi connectivity index (χ2n) is 3.71. The van der Waals surface area contributed by atoms with Crippen LogP contribution in [0.25, 0.3) is 10.4 Å². The minimum absolute atomic E-state index is 0.000315. The lowest BCUT2D eigenvalue weighted by molar-refractivity contribution is -0.179. The van der Waals surface area contributed by atoms with Crippen molar-refractivity contribution in [2.24, 2.45) is 11.0 Å². The van der Waals surface area contributed by atoms with Gasteiger partial charge in [0.05, 0.1) is 19.2 Å². The fraction of sp³-hybridized carbons (Fsp3) is 0.875. The zero-order valence-electron chi connectivity index (χ0n) is 7.96. The van der Waals surface area contributed by atoms with Crippen LogP contribution in [-0.4, -0.2) is 30.2 Å². The van der Waals surface area contributed by atoms with E-state index in [1.807, 2.05) is 0 Å². The van der Waals surface area contributed by atoms with E-state index in [1.165, 1.54) is 12.2 Å². The molecule has 2 fully saturated rings. The molecule has 0 N–H and O–H groups in total. The Labute approximate surface area is 81.4 Å². The van der Waals surface area contributed by atoms with Crippen LogP contribution in [0, 0.1) is 5.92 Å². The molecule has 1 amide bonds. The van der Waals surface area contributed by atoms with Crippen molar-refractivity contribution in [3.63, 3.8) is 0 Å². The summed E-state index contributed by atoms with van der Waals surface area (Å²) in [6, 6.07) is -0.153. The van der Waals surface area contributed by atoms with Crippen molar-refractivity contribution in [2.45, 2.75) is 31.3 Å². The molecule has 0 spiro atoms. The first-order valence-corrected chi connectivity index (χ1v) is 4.68. The maximum absolute atomic E-state index is 11.4. The molecule has 2 aliphatic rings. The molecule has 0 aromatic heterocycles. The number of carbonyl (C=O) groups is 1. The van der Waals surface area contributed by atoms with Crippen LogP contribution in [0.2, 0.25) is 0 Å². The number of hydrogen-bond acceptors (Lipinski definition) is 3. The van der Waals surface area contributed by atoms with Gasteiger partial charge in [-0.15, -0.1) is 0 Å². The van der Waals surface area contributed by atoms with Gasteiger partial charge in [0, 0.05) is 11.3 Å². The van der Waals surface area contributed by atoms with E-state index in [-0.39, 0.29) is 18.0 Å². The molecule has 1 heterocycles. The maximum Gasteiger partial charge on any atom is 0.246 e. The molecule has 76 valence electrons. The summed E-state index contributed by atoms with van der Waals surface area (Å²) in [6.07, 6.45) is 2.32. The third-order valence-electron chi connectivity index (χ3n) is 3.06. The highest BCUT2D eigenvalue weighted by Crippen LogP contribution is 2.40. The number of carbonyl (C=O) groups excluding carboxylic acids is 1. The quantitative estimate of drug-likeness (QED) is 0.378. The molecule has 1 saturated heterocycles. The average Bonchev–Trinajstić information content (AvgIpc) is 2.66. The molecule has 0 unspecified atom stereocenters. The van der Waals surface area contributed by atoms with Gasteiger partial charge in [-0.1, -0.05) is 5.11 Å². The van der Waals surface area contributed by atoms with Crippen molar-refractivity contribution in [3.05, 3.63) is 10.4 Å². The van der Waals surface area contributed by atoms with Crippen molar-refractivity contribution in [2.75, 3.05) is 7.11 Å². The van der Waals surface area contributed by atoms with Gasteiger partial charge in [0.2, 0.25) is 5.91 Å². The molecule has 3 atom stereocenters. The van der Waals surface area contributed by atoms with Crippen LogP contribution < -0.4 is 0 Å². The van der Waals surface area contributed by atoms with E-state index in [0.29, 0.717) is 12.3 Å². The van der Waals surface area contributed by atoms with Gasteiger partial charge in [0.15, 0.2) is 0 Å². The van der Waals surface area contributed by atoms with Gasteiger partial charge in [-0.2, -0.15) is 0 Å². The SMILES string of the molecule is CON1C(=O)C[C@@H]2CC[C@@H](N=[N+]=[N-])[C@@H]21. The maximum atomic E-state index is 11.4. The number of hydroxylamine groups is 2. The largest absolute Gasteiger partial charge is 0.274 e. The topological polar surface area (TPSA) is 78.3 Å². The molecular weight excluding hydrogens is 184 g/mol. The van der Waals surface area contributed by atoms with Crippen LogP contribution in [0.1, 0.15) is 19.3 Å². The second kappa shape index (κ2) is 3.48. The molecule has 6 heteroatoms. The van der Waals surface area contributed by atoms with Crippen LogP contribution >= 0.6 is 0 Å². The lowest BCUT2D eigenvalue weighted by Gasteiger charge is -2.24. The Morgan fingerprint density at radius 2 is 2.43 bits per heavy atom. The minimum Gasteiger partial charge on any atom is -0.274 e. The first-order chi connectivity index (χ1) is 6.77. The molecule has 1 aliphatic carbocycles. The fourth-order valence-corrected chi connectivity index (χ4v) is 2.51. The lowest BCUT2D eigenvalue weighted by Crippen LogP contribution is -2.38. The van der Waals surface area contributed by atoms with Crippen molar-refractivity contribution < 1.29 is 9.63 Å². The van der Waals surface area contributed by atoms with Gasteiger partial charge in [-0.3, -0.25) is 9.63 Å². The second-order valence-corrected chi connectivity index (χ2v) is 3.71. The molecular formula is C8H12N4O2. The number of azide groups is 1. The fourth-order valence-electron chi connectivity index (χ4n) is 2.51. The third kappa shape index (κ3) is 1.23. The summed E-state index contributed by atoms with van der Waals surface area (Å²) < 4.78 is 0.